The minimum atomic E-state index is -0.467. The van der Waals surface area contributed by atoms with Crippen molar-refractivity contribution in [2.24, 2.45) is 0 Å². The lowest BCUT2D eigenvalue weighted by Gasteiger charge is -2.36. The molecular formula is C14H19F2N3O2. The second-order valence-corrected chi connectivity index (χ2v) is 4.79. The van der Waals surface area contributed by atoms with Crippen LogP contribution in [0.3, 0.4) is 0 Å². The first-order valence-electron chi connectivity index (χ1n) is 6.83. The molecule has 0 saturated carbocycles. The number of benzene rings is 1. The summed E-state index contributed by atoms with van der Waals surface area (Å²) in [6.45, 7) is 2.79. The van der Waals surface area contributed by atoms with Gasteiger partial charge in [0, 0.05) is 45.9 Å². The van der Waals surface area contributed by atoms with E-state index in [9.17, 15) is 13.6 Å². The maximum atomic E-state index is 13.7. The first-order valence-corrected chi connectivity index (χ1v) is 6.83. The van der Waals surface area contributed by atoms with Crippen molar-refractivity contribution in [3.05, 3.63) is 29.8 Å². The summed E-state index contributed by atoms with van der Waals surface area (Å²) in [5, 5.41) is 2.74. The number of carbonyl (C=O) groups excluding carboxylic acids is 1. The molecule has 0 radical (unpaired) electrons. The van der Waals surface area contributed by atoms with Gasteiger partial charge in [0.2, 0.25) is 0 Å². The highest BCUT2D eigenvalue weighted by molar-refractivity contribution is 5.74. The van der Waals surface area contributed by atoms with Gasteiger partial charge in [0.25, 0.3) is 0 Å². The average Bonchev–Trinajstić information content (AvgIpc) is 2.50. The number of rotatable bonds is 4. The first-order chi connectivity index (χ1) is 10.1. The van der Waals surface area contributed by atoms with Gasteiger partial charge in [-0.25, -0.2) is 13.6 Å². The number of nitrogens with one attached hydrogen (secondary N) is 1. The van der Waals surface area contributed by atoms with Crippen LogP contribution in [0.2, 0.25) is 0 Å². The van der Waals surface area contributed by atoms with Crippen LogP contribution in [-0.4, -0.2) is 57.4 Å². The summed E-state index contributed by atoms with van der Waals surface area (Å²) in [5.41, 5.74) is 0.245. The van der Waals surface area contributed by atoms with E-state index in [1.165, 1.54) is 6.07 Å². The third kappa shape index (κ3) is 4.04. The summed E-state index contributed by atoms with van der Waals surface area (Å²) in [5.74, 6) is -0.916. The van der Waals surface area contributed by atoms with Crippen molar-refractivity contribution < 1.29 is 18.3 Å². The molecule has 1 saturated heterocycles. The smallest absolute Gasteiger partial charge is 0.317 e. The van der Waals surface area contributed by atoms with Crippen molar-refractivity contribution in [3.8, 4) is 0 Å². The topological polar surface area (TPSA) is 44.8 Å². The molecule has 0 spiro atoms. The summed E-state index contributed by atoms with van der Waals surface area (Å²) in [6.07, 6.45) is 0. The van der Waals surface area contributed by atoms with Crippen LogP contribution in [0.15, 0.2) is 18.2 Å². The number of halogens is 2. The van der Waals surface area contributed by atoms with E-state index in [1.54, 1.807) is 16.9 Å². The van der Waals surface area contributed by atoms with Crippen molar-refractivity contribution >= 4 is 11.7 Å². The van der Waals surface area contributed by atoms with Crippen molar-refractivity contribution in [1.29, 1.82) is 0 Å². The fourth-order valence-corrected chi connectivity index (χ4v) is 2.25. The lowest BCUT2D eigenvalue weighted by molar-refractivity contribution is 0.177. The van der Waals surface area contributed by atoms with Gasteiger partial charge in [0.05, 0.1) is 12.3 Å². The van der Waals surface area contributed by atoms with Crippen LogP contribution in [-0.2, 0) is 4.74 Å². The average molecular weight is 299 g/mol. The van der Waals surface area contributed by atoms with Gasteiger partial charge in [-0.05, 0) is 12.1 Å². The Morgan fingerprint density at radius 2 is 2.00 bits per heavy atom. The first kappa shape index (κ1) is 15.5. The van der Waals surface area contributed by atoms with Gasteiger partial charge in [-0.15, -0.1) is 0 Å². The van der Waals surface area contributed by atoms with E-state index >= 15 is 0 Å². The summed E-state index contributed by atoms with van der Waals surface area (Å²) >= 11 is 0. The van der Waals surface area contributed by atoms with Gasteiger partial charge in [0.15, 0.2) is 0 Å². The number of nitrogens with zero attached hydrogens (tertiary/aromatic N) is 2. The fourth-order valence-electron chi connectivity index (χ4n) is 2.25. The normalized spacial score (nSPS) is 15.2. The Morgan fingerprint density at radius 3 is 2.67 bits per heavy atom. The fraction of sp³-hybridized carbons (Fsp3) is 0.500. The molecule has 21 heavy (non-hydrogen) atoms. The maximum Gasteiger partial charge on any atom is 0.317 e. The molecule has 1 aliphatic rings. The zero-order valence-electron chi connectivity index (χ0n) is 11.9. The molecule has 7 heteroatoms. The molecule has 0 atom stereocenters. The maximum absolute atomic E-state index is 13.7. The van der Waals surface area contributed by atoms with Gasteiger partial charge < -0.3 is 19.9 Å². The summed E-state index contributed by atoms with van der Waals surface area (Å²) < 4.78 is 31.8. The molecule has 2 amide bonds. The Hall–Kier alpha value is -1.89. The van der Waals surface area contributed by atoms with E-state index < -0.39 is 11.6 Å². The van der Waals surface area contributed by atoms with Crippen molar-refractivity contribution in [2.45, 2.75) is 0 Å². The van der Waals surface area contributed by atoms with Crippen LogP contribution in [0.25, 0.3) is 0 Å². The number of hydrogen-bond acceptors (Lipinski definition) is 3. The monoisotopic (exact) mass is 299 g/mol. The third-order valence-electron chi connectivity index (χ3n) is 3.40. The molecule has 1 aliphatic heterocycles. The Balaban J connectivity index is 1.88. The second kappa shape index (κ2) is 7.21. The standard InChI is InChI=1S/C14H19F2N3O2/c1-21-9-4-17-14(20)19-7-5-18(6-8-19)13-10-11(15)2-3-12(13)16/h2-3,10H,4-9H2,1H3,(H,17,20). The summed E-state index contributed by atoms with van der Waals surface area (Å²) in [7, 11) is 1.57. The van der Waals surface area contributed by atoms with Gasteiger partial charge >= 0.3 is 6.03 Å². The predicted molar refractivity (Wildman–Crippen MR) is 75.4 cm³/mol. The van der Waals surface area contributed by atoms with E-state index in [4.69, 9.17) is 4.74 Å². The lowest BCUT2D eigenvalue weighted by Crippen LogP contribution is -2.52. The number of ether oxygens (including phenoxy) is 1. The van der Waals surface area contributed by atoms with E-state index in [0.717, 1.165) is 12.1 Å². The largest absolute Gasteiger partial charge is 0.383 e. The lowest BCUT2D eigenvalue weighted by atomic mass is 10.2. The van der Waals surface area contributed by atoms with E-state index in [0.29, 0.717) is 39.3 Å². The number of carbonyl (C=O) groups is 1. The molecule has 2 rings (SSSR count). The number of methoxy groups -OCH3 is 1. The number of hydrogen-bond donors (Lipinski definition) is 1. The molecule has 1 heterocycles. The molecule has 0 unspecified atom stereocenters. The molecular weight excluding hydrogens is 280 g/mol. The minimum Gasteiger partial charge on any atom is -0.383 e. The van der Waals surface area contributed by atoms with Crippen molar-refractivity contribution in [3.63, 3.8) is 0 Å². The van der Waals surface area contributed by atoms with E-state index in [-0.39, 0.29) is 11.7 Å². The number of piperazine rings is 1. The molecule has 5 nitrogen and oxygen atoms in total. The molecule has 0 aliphatic carbocycles. The third-order valence-corrected chi connectivity index (χ3v) is 3.40. The van der Waals surface area contributed by atoms with Crippen LogP contribution >= 0.6 is 0 Å². The zero-order chi connectivity index (χ0) is 15.2. The Labute approximate surface area is 122 Å². The van der Waals surface area contributed by atoms with Crippen LogP contribution in [0.5, 0.6) is 0 Å². The van der Waals surface area contributed by atoms with E-state index in [1.807, 2.05) is 0 Å². The quantitative estimate of drug-likeness (QED) is 0.856. The minimum absolute atomic E-state index is 0.161. The van der Waals surface area contributed by atoms with E-state index in [2.05, 4.69) is 5.32 Å². The molecule has 0 bridgehead atoms. The second-order valence-electron chi connectivity index (χ2n) is 4.79. The Bertz CT molecular complexity index is 491. The van der Waals surface area contributed by atoms with Crippen LogP contribution in [0.1, 0.15) is 0 Å². The van der Waals surface area contributed by atoms with Crippen molar-refractivity contribution in [1.82, 2.24) is 10.2 Å². The highest BCUT2D eigenvalue weighted by atomic mass is 19.1. The van der Waals surface area contributed by atoms with Gasteiger partial charge in [-0.2, -0.15) is 0 Å². The van der Waals surface area contributed by atoms with Crippen molar-refractivity contribution in [2.75, 3.05) is 51.3 Å². The molecule has 1 aromatic rings. The molecule has 116 valence electrons. The van der Waals surface area contributed by atoms with Crippen LogP contribution in [0, 0.1) is 11.6 Å². The van der Waals surface area contributed by atoms with Crippen LogP contribution < -0.4 is 10.2 Å². The van der Waals surface area contributed by atoms with Gasteiger partial charge in [0.1, 0.15) is 11.6 Å². The number of anilines is 1. The molecule has 1 fully saturated rings. The number of urea groups is 1. The highest BCUT2D eigenvalue weighted by Crippen LogP contribution is 2.21. The molecule has 1 N–H and O–H groups in total. The van der Waals surface area contributed by atoms with Gasteiger partial charge in [-0.1, -0.05) is 0 Å². The zero-order valence-corrected chi connectivity index (χ0v) is 11.9. The predicted octanol–water partition coefficient (Wildman–Crippen LogP) is 1.44. The van der Waals surface area contributed by atoms with Crippen LogP contribution in [0.4, 0.5) is 19.3 Å². The Morgan fingerprint density at radius 1 is 1.29 bits per heavy atom. The summed E-state index contributed by atoms with van der Waals surface area (Å²) in [4.78, 5) is 15.2. The van der Waals surface area contributed by atoms with Gasteiger partial charge in [-0.3, -0.25) is 0 Å². The summed E-state index contributed by atoms with van der Waals surface area (Å²) in [6, 6.07) is 3.24. The molecule has 0 aromatic heterocycles. The SMILES string of the molecule is COCCNC(=O)N1CCN(c2cc(F)ccc2F)CC1. The highest BCUT2D eigenvalue weighted by Gasteiger charge is 2.22. The Kier molecular flexibility index (Phi) is 5.32. The number of amides is 2. The molecule has 1 aromatic carbocycles.